The highest BCUT2D eigenvalue weighted by atomic mass is 15.2. The molecule has 1 heterocycles. The molecule has 0 amide bonds. The summed E-state index contributed by atoms with van der Waals surface area (Å²) in [5.74, 6) is 0.913. The van der Waals surface area contributed by atoms with Crippen LogP contribution in [0, 0.1) is 20.8 Å². The number of aryl methyl sites for hydroxylation is 2. The predicted molar refractivity (Wildman–Crippen MR) is 76.5 cm³/mol. The summed E-state index contributed by atoms with van der Waals surface area (Å²) in [6.07, 6.45) is 2.08. The minimum absolute atomic E-state index is 0.371. The molecule has 0 bridgehead atoms. The number of hydrogen-bond donors (Lipinski definition) is 1. The van der Waals surface area contributed by atoms with Gasteiger partial charge in [-0.1, -0.05) is 12.1 Å². The van der Waals surface area contributed by atoms with E-state index >= 15 is 0 Å². The lowest BCUT2D eigenvalue weighted by Gasteiger charge is -2.15. The first-order valence-corrected chi connectivity index (χ1v) is 6.38. The zero-order valence-electron chi connectivity index (χ0n) is 11.8. The zero-order chi connectivity index (χ0) is 13.3. The van der Waals surface area contributed by atoms with E-state index in [4.69, 9.17) is 0 Å². The van der Waals surface area contributed by atoms with Gasteiger partial charge in [-0.15, -0.1) is 0 Å². The zero-order valence-corrected chi connectivity index (χ0v) is 11.8. The molecule has 1 aromatic heterocycles. The van der Waals surface area contributed by atoms with Crippen molar-refractivity contribution < 1.29 is 0 Å². The van der Waals surface area contributed by atoms with E-state index in [9.17, 15) is 0 Å². The third-order valence-corrected chi connectivity index (χ3v) is 3.08. The Hall–Kier alpha value is -1.77. The van der Waals surface area contributed by atoms with Crippen LogP contribution >= 0.6 is 0 Å². The Morgan fingerprint density at radius 2 is 1.89 bits per heavy atom. The van der Waals surface area contributed by atoms with E-state index in [1.807, 2.05) is 6.92 Å². The fourth-order valence-corrected chi connectivity index (χ4v) is 2.04. The van der Waals surface area contributed by atoms with Crippen LogP contribution in [0.3, 0.4) is 0 Å². The molecule has 0 aliphatic rings. The Labute approximate surface area is 109 Å². The lowest BCUT2D eigenvalue weighted by molar-refractivity contribution is 0.862. The van der Waals surface area contributed by atoms with Crippen LogP contribution in [-0.4, -0.2) is 15.6 Å². The maximum absolute atomic E-state index is 4.55. The Balaban J connectivity index is 2.53. The molecular formula is C15H21N3. The molecule has 2 aromatic rings. The van der Waals surface area contributed by atoms with Gasteiger partial charge in [-0.3, -0.25) is 4.57 Å². The van der Waals surface area contributed by atoms with Crippen molar-refractivity contribution in [3.05, 3.63) is 41.2 Å². The molecule has 0 spiro atoms. The Morgan fingerprint density at radius 1 is 1.17 bits per heavy atom. The summed E-state index contributed by atoms with van der Waals surface area (Å²) in [7, 11) is 0. The van der Waals surface area contributed by atoms with Crippen LogP contribution in [0.2, 0.25) is 0 Å². The van der Waals surface area contributed by atoms with E-state index in [1.54, 1.807) is 0 Å². The lowest BCUT2D eigenvalue weighted by atomic mass is 10.1. The number of nitrogens with zero attached hydrogens (tertiary/aromatic N) is 2. The van der Waals surface area contributed by atoms with Gasteiger partial charge in [0.05, 0.1) is 11.4 Å². The van der Waals surface area contributed by atoms with E-state index in [1.165, 1.54) is 16.8 Å². The van der Waals surface area contributed by atoms with E-state index in [0.717, 1.165) is 11.6 Å². The van der Waals surface area contributed by atoms with Crippen LogP contribution in [-0.2, 0) is 0 Å². The number of nitrogens with one attached hydrogen (secondary N) is 1. The molecule has 1 aromatic carbocycles. The number of rotatable bonds is 3. The predicted octanol–water partition coefficient (Wildman–Crippen LogP) is 3.62. The van der Waals surface area contributed by atoms with E-state index in [0.29, 0.717) is 6.04 Å². The topological polar surface area (TPSA) is 29.9 Å². The van der Waals surface area contributed by atoms with E-state index in [2.05, 4.69) is 67.0 Å². The molecule has 0 fully saturated rings. The highest BCUT2D eigenvalue weighted by Gasteiger charge is 2.10. The van der Waals surface area contributed by atoms with Gasteiger partial charge in [0.25, 0.3) is 0 Å². The second kappa shape index (κ2) is 4.84. The molecule has 0 saturated carbocycles. The van der Waals surface area contributed by atoms with Crippen molar-refractivity contribution in [1.82, 2.24) is 9.55 Å². The van der Waals surface area contributed by atoms with Crippen LogP contribution < -0.4 is 5.32 Å². The molecule has 96 valence electrons. The van der Waals surface area contributed by atoms with Crippen LogP contribution in [0.4, 0.5) is 5.95 Å². The average molecular weight is 243 g/mol. The molecule has 0 atom stereocenters. The Bertz CT molecular complexity index is 553. The molecule has 1 N–H and O–H groups in total. The smallest absolute Gasteiger partial charge is 0.207 e. The second-order valence-electron chi connectivity index (χ2n) is 5.09. The van der Waals surface area contributed by atoms with Gasteiger partial charge in [-0.25, -0.2) is 4.98 Å². The van der Waals surface area contributed by atoms with E-state index < -0.39 is 0 Å². The molecule has 0 unspecified atom stereocenters. The highest BCUT2D eigenvalue weighted by Crippen LogP contribution is 2.22. The molecule has 0 saturated heterocycles. The first-order chi connectivity index (χ1) is 8.49. The summed E-state index contributed by atoms with van der Waals surface area (Å²) in [5, 5.41) is 3.39. The van der Waals surface area contributed by atoms with Gasteiger partial charge in [0.2, 0.25) is 5.95 Å². The minimum Gasteiger partial charge on any atom is -0.353 e. The van der Waals surface area contributed by atoms with Crippen LogP contribution in [0.1, 0.15) is 30.7 Å². The minimum atomic E-state index is 0.371. The first kappa shape index (κ1) is 12.7. The summed E-state index contributed by atoms with van der Waals surface area (Å²) < 4.78 is 2.14. The summed E-state index contributed by atoms with van der Waals surface area (Å²) in [5.41, 5.74) is 4.81. The summed E-state index contributed by atoms with van der Waals surface area (Å²) in [6.45, 7) is 10.6. The molecule has 0 radical (unpaired) electrons. The van der Waals surface area contributed by atoms with Gasteiger partial charge < -0.3 is 5.32 Å². The second-order valence-corrected chi connectivity index (χ2v) is 5.09. The van der Waals surface area contributed by atoms with Crippen molar-refractivity contribution in [2.45, 2.75) is 40.7 Å². The Kier molecular flexibility index (Phi) is 3.41. The quantitative estimate of drug-likeness (QED) is 0.892. The fraction of sp³-hybridized carbons (Fsp3) is 0.400. The largest absolute Gasteiger partial charge is 0.353 e. The SMILES string of the molecule is Cc1cn(-c2cccc(C)c2C)c(NC(C)C)n1. The molecule has 3 heteroatoms. The number of benzene rings is 1. The monoisotopic (exact) mass is 243 g/mol. The Morgan fingerprint density at radius 3 is 2.56 bits per heavy atom. The lowest BCUT2D eigenvalue weighted by Crippen LogP contribution is -2.14. The fourth-order valence-electron chi connectivity index (χ4n) is 2.04. The third-order valence-electron chi connectivity index (χ3n) is 3.08. The highest BCUT2D eigenvalue weighted by molar-refractivity contribution is 5.50. The molecular weight excluding hydrogens is 222 g/mol. The standard InChI is InChI=1S/C15H21N3/c1-10(2)16-15-17-12(4)9-18(15)14-8-6-7-11(3)13(14)5/h6-10H,1-5H3,(H,16,17). The number of hydrogen-bond acceptors (Lipinski definition) is 2. The summed E-state index contributed by atoms with van der Waals surface area (Å²) >= 11 is 0. The van der Waals surface area contributed by atoms with Gasteiger partial charge in [-0.05, 0) is 51.8 Å². The molecule has 0 aliphatic carbocycles. The van der Waals surface area contributed by atoms with Crippen LogP contribution in [0.5, 0.6) is 0 Å². The van der Waals surface area contributed by atoms with Crippen molar-refractivity contribution in [2.24, 2.45) is 0 Å². The van der Waals surface area contributed by atoms with Gasteiger partial charge in [-0.2, -0.15) is 0 Å². The van der Waals surface area contributed by atoms with Crippen molar-refractivity contribution in [3.8, 4) is 5.69 Å². The van der Waals surface area contributed by atoms with Crippen molar-refractivity contribution >= 4 is 5.95 Å². The maximum atomic E-state index is 4.55. The number of aromatic nitrogens is 2. The molecule has 2 rings (SSSR count). The molecule has 0 aliphatic heterocycles. The van der Waals surface area contributed by atoms with Crippen molar-refractivity contribution in [3.63, 3.8) is 0 Å². The van der Waals surface area contributed by atoms with E-state index in [-0.39, 0.29) is 0 Å². The average Bonchev–Trinajstić information content (AvgIpc) is 2.62. The number of anilines is 1. The summed E-state index contributed by atoms with van der Waals surface area (Å²) in [4.78, 5) is 4.55. The summed E-state index contributed by atoms with van der Waals surface area (Å²) in [6, 6.07) is 6.73. The van der Waals surface area contributed by atoms with Gasteiger partial charge >= 0.3 is 0 Å². The van der Waals surface area contributed by atoms with Gasteiger partial charge in [0.15, 0.2) is 0 Å². The normalized spacial score (nSPS) is 11.0. The van der Waals surface area contributed by atoms with Gasteiger partial charge in [0, 0.05) is 12.2 Å². The van der Waals surface area contributed by atoms with Crippen molar-refractivity contribution in [1.29, 1.82) is 0 Å². The molecule has 18 heavy (non-hydrogen) atoms. The molecule has 3 nitrogen and oxygen atoms in total. The van der Waals surface area contributed by atoms with Crippen LogP contribution in [0.15, 0.2) is 24.4 Å². The number of imidazole rings is 1. The maximum Gasteiger partial charge on any atom is 0.207 e. The van der Waals surface area contributed by atoms with Crippen LogP contribution in [0.25, 0.3) is 5.69 Å². The third kappa shape index (κ3) is 2.40. The van der Waals surface area contributed by atoms with Gasteiger partial charge in [0.1, 0.15) is 0 Å². The van der Waals surface area contributed by atoms with Crippen molar-refractivity contribution in [2.75, 3.05) is 5.32 Å². The first-order valence-electron chi connectivity index (χ1n) is 6.38.